The predicted molar refractivity (Wildman–Crippen MR) is 130 cm³/mol. The zero-order chi connectivity index (χ0) is 23.9. The number of rotatable bonds is 5. The van der Waals surface area contributed by atoms with Crippen molar-refractivity contribution >= 4 is 22.6 Å². The van der Waals surface area contributed by atoms with Crippen LogP contribution in [-0.2, 0) is 23.7 Å². The predicted octanol–water partition coefficient (Wildman–Crippen LogP) is 3.07. The van der Waals surface area contributed by atoms with E-state index in [0.29, 0.717) is 22.9 Å². The topological polar surface area (TPSA) is 117 Å². The third-order valence-corrected chi connectivity index (χ3v) is 6.06. The minimum Gasteiger partial charge on any atom is -0.379 e. The number of ether oxygens (including phenoxy) is 1. The highest BCUT2D eigenvalue weighted by atomic mass is 16.5. The number of fused-ring (bicyclic) bond motifs is 1. The number of benzene rings is 1. The molecular formula is C24H30N8O2. The van der Waals surface area contributed by atoms with Crippen LogP contribution >= 0.6 is 0 Å². The number of anilines is 1. The Morgan fingerprint density at radius 3 is 2.74 bits per heavy atom. The lowest BCUT2D eigenvalue weighted by molar-refractivity contribution is 0.0342. The number of aromatic amines is 2. The summed E-state index contributed by atoms with van der Waals surface area (Å²) in [7, 11) is 1.77. The van der Waals surface area contributed by atoms with Crippen molar-refractivity contribution in [3.63, 3.8) is 0 Å². The minimum atomic E-state index is -0.253. The molecule has 0 aliphatic carbocycles. The summed E-state index contributed by atoms with van der Waals surface area (Å²) < 4.78 is 7.04. The van der Waals surface area contributed by atoms with Crippen LogP contribution in [0.15, 0.2) is 30.5 Å². The van der Waals surface area contributed by atoms with E-state index < -0.39 is 0 Å². The first kappa shape index (κ1) is 22.3. The van der Waals surface area contributed by atoms with Gasteiger partial charge in [0.1, 0.15) is 11.4 Å². The molecule has 0 spiro atoms. The molecule has 34 heavy (non-hydrogen) atoms. The average molecular weight is 463 g/mol. The molecule has 0 saturated carbocycles. The Morgan fingerprint density at radius 1 is 1.21 bits per heavy atom. The summed E-state index contributed by atoms with van der Waals surface area (Å²) in [5.41, 5.74) is 5.38. The molecule has 1 amide bonds. The van der Waals surface area contributed by atoms with Crippen molar-refractivity contribution in [1.29, 1.82) is 0 Å². The number of imidazole rings is 1. The SMILES string of the molecule is Cn1nc(C(C)(C)C)cc1C(=O)Nc1cn[nH]c1-c1nc2ccc(CN3CCOCC3)cc2[nH]1. The molecule has 10 nitrogen and oxygen atoms in total. The van der Waals surface area contributed by atoms with E-state index in [1.54, 1.807) is 17.9 Å². The fraction of sp³-hybridized carbons (Fsp3) is 0.417. The van der Waals surface area contributed by atoms with E-state index in [-0.39, 0.29) is 11.3 Å². The Hall–Kier alpha value is -3.50. The van der Waals surface area contributed by atoms with Crippen LogP contribution in [0.2, 0.25) is 0 Å². The van der Waals surface area contributed by atoms with E-state index in [1.807, 2.05) is 12.1 Å². The second kappa shape index (κ2) is 8.69. The fourth-order valence-electron chi connectivity index (χ4n) is 4.09. The van der Waals surface area contributed by atoms with Crippen molar-refractivity contribution in [2.24, 2.45) is 7.05 Å². The van der Waals surface area contributed by atoms with Gasteiger partial charge in [-0.3, -0.25) is 19.5 Å². The van der Waals surface area contributed by atoms with Crippen molar-refractivity contribution in [1.82, 2.24) is 34.8 Å². The van der Waals surface area contributed by atoms with E-state index in [4.69, 9.17) is 9.72 Å². The smallest absolute Gasteiger partial charge is 0.274 e. The van der Waals surface area contributed by atoms with Gasteiger partial charge in [0, 0.05) is 32.1 Å². The Bertz CT molecular complexity index is 1320. The highest BCUT2D eigenvalue weighted by Crippen LogP contribution is 2.27. The molecule has 0 atom stereocenters. The van der Waals surface area contributed by atoms with Crippen molar-refractivity contribution in [2.75, 3.05) is 31.6 Å². The molecule has 4 heterocycles. The standard InChI is InChI=1S/C24H30N8O2/c1-24(2,3)20-12-19(31(4)30-20)23(33)28-18-13-25-29-21(18)22-26-16-6-5-15(11-17(16)27-22)14-32-7-9-34-10-8-32/h5-6,11-13H,7-10,14H2,1-4H3,(H,25,29)(H,26,27)(H,28,33). The zero-order valence-electron chi connectivity index (χ0n) is 20.0. The maximum atomic E-state index is 13.0. The normalized spacial score (nSPS) is 15.2. The number of morpholine rings is 1. The molecule has 1 aliphatic rings. The summed E-state index contributed by atoms with van der Waals surface area (Å²) in [4.78, 5) is 23.5. The van der Waals surface area contributed by atoms with Crippen LogP contribution in [0.1, 0.15) is 42.5 Å². The van der Waals surface area contributed by atoms with Gasteiger partial charge in [0.2, 0.25) is 0 Å². The highest BCUT2D eigenvalue weighted by molar-refractivity contribution is 6.04. The van der Waals surface area contributed by atoms with Gasteiger partial charge in [-0.1, -0.05) is 26.8 Å². The average Bonchev–Trinajstić information content (AvgIpc) is 3.51. The maximum Gasteiger partial charge on any atom is 0.274 e. The molecule has 0 radical (unpaired) electrons. The molecule has 0 unspecified atom stereocenters. The number of H-pyrrole nitrogens is 2. The Balaban J connectivity index is 1.36. The van der Waals surface area contributed by atoms with Gasteiger partial charge in [0.15, 0.2) is 5.82 Å². The van der Waals surface area contributed by atoms with Crippen molar-refractivity contribution < 1.29 is 9.53 Å². The number of hydrogen-bond acceptors (Lipinski definition) is 6. The van der Waals surface area contributed by atoms with Crippen LogP contribution in [0.25, 0.3) is 22.6 Å². The maximum absolute atomic E-state index is 13.0. The van der Waals surface area contributed by atoms with Crippen LogP contribution in [0, 0.1) is 0 Å². The van der Waals surface area contributed by atoms with Gasteiger partial charge >= 0.3 is 0 Å². The van der Waals surface area contributed by atoms with Gasteiger partial charge in [-0.15, -0.1) is 0 Å². The first-order valence-corrected chi connectivity index (χ1v) is 11.5. The number of aryl methyl sites for hydroxylation is 1. The number of nitrogens with one attached hydrogen (secondary N) is 3. The van der Waals surface area contributed by atoms with E-state index in [0.717, 1.165) is 49.6 Å². The molecule has 10 heteroatoms. The van der Waals surface area contributed by atoms with Crippen LogP contribution < -0.4 is 5.32 Å². The van der Waals surface area contributed by atoms with E-state index in [1.165, 1.54) is 5.56 Å². The molecule has 1 saturated heterocycles. The van der Waals surface area contributed by atoms with Crippen LogP contribution in [-0.4, -0.2) is 67.1 Å². The summed E-state index contributed by atoms with van der Waals surface area (Å²) in [6, 6.07) is 8.07. The monoisotopic (exact) mass is 462 g/mol. The highest BCUT2D eigenvalue weighted by Gasteiger charge is 2.23. The zero-order valence-corrected chi connectivity index (χ0v) is 20.0. The molecule has 0 bridgehead atoms. The second-order valence-electron chi connectivity index (χ2n) is 9.73. The summed E-state index contributed by atoms with van der Waals surface area (Å²) >= 11 is 0. The number of aromatic nitrogens is 6. The first-order chi connectivity index (χ1) is 16.3. The minimum absolute atomic E-state index is 0.147. The summed E-state index contributed by atoms with van der Waals surface area (Å²) in [6.45, 7) is 10.5. The summed E-state index contributed by atoms with van der Waals surface area (Å²) in [5.74, 6) is 0.365. The number of nitrogens with zero attached hydrogens (tertiary/aromatic N) is 5. The molecule has 178 valence electrons. The lowest BCUT2D eigenvalue weighted by atomic mass is 9.92. The number of hydrogen-bond donors (Lipinski definition) is 3. The van der Waals surface area contributed by atoms with Crippen molar-refractivity contribution in [3.8, 4) is 11.5 Å². The van der Waals surface area contributed by atoms with Crippen molar-refractivity contribution in [2.45, 2.75) is 32.7 Å². The third kappa shape index (κ3) is 4.46. The van der Waals surface area contributed by atoms with E-state index in [2.05, 4.69) is 63.4 Å². The summed E-state index contributed by atoms with van der Waals surface area (Å²) in [5, 5.41) is 14.5. The lowest BCUT2D eigenvalue weighted by Crippen LogP contribution is -2.35. The Labute approximate surface area is 197 Å². The molecule has 1 fully saturated rings. The van der Waals surface area contributed by atoms with Crippen molar-refractivity contribution in [3.05, 3.63) is 47.4 Å². The van der Waals surface area contributed by atoms with Crippen LogP contribution in [0.5, 0.6) is 0 Å². The first-order valence-electron chi connectivity index (χ1n) is 11.5. The quantitative estimate of drug-likeness (QED) is 0.420. The largest absolute Gasteiger partial charge is 0.379 e. The van der Waals surface area contributed by atoms with Gasteiger partial charge < -0.3 is 15.0 Å². The molecule has 1 aliphatic heterocycles. The third-order valence-electron chi connectivity index (χ3n) is 6.06. The van der Waals surface area contributed by atoms with Crippen LogP contribution in [0.3, 0.4) is 0 Å². The second-order valence-corrected chi connectivity index (χ2v) is 9.73. The number of carbonyl (C=O) groups is 1. The lowest BCUT2D eigenvalue weighted by Gasteiger charge is -2.26. The molecule has 1 aromatic carbocycles. The van der Waals surface area contributed by atoms with E-state index >= 15 is 0 Å². The number of amides is 1. The molecule has 3 aromatic heterocycles. The van der Waals surface area contributed by atoms with Gasteiger partial charge in [0.05, 0.1) is 41.8 Å². The number of carbonyl (C=O) groups excluding carboxylic acids is 1. The van der Waals surface area contributed by atoms with Gasteiger partial charge in [0.25, 0.3) is 5.91 Å². The molecule has 3 N–H and O–H groups in total. The van der Waals surface area contributed by atoms with Gasteiger partial charge in [-0.2, -0.15) is 10.2 Å². The van der Waals surface area contributed by atoms with Gasteiger partial charge in [-0.05, 0) is 23.8 Å². The van der Waals surface area contributed by atoms with E-state index in [9.17, 15) is 4.79 Å². The molecular weight excluding hydrogens is 432 g/mol. The molecule has 5 rings (SSSR count). The fourth-order valence-corrected chi connectivity index (χ4v) is 4.09. The van der Waals surface area contributed by atoms with Crippen LogP contribution in [0.4, 0.5) is 5.69 Å². The molecule has 4 aromatic rings. The van der Waals surface area contributed by atoms with Gasteiger partial charge in [-0.25, -0.2) is 4.98 Å². The Morgan fingerprint density at radius 2 is 2.00 bits per heavy atom. The Kier molecular flexibility index (Phi) is 5.70. The summed E-state index contributed by atoms with van der Waals surface area (Å²) in [6.07, 6.45) is 1.59.